The minimum absolute atomic E-state index is 0.210. The lowest BCUT2D eigenvalue weighted by Crippen LogP contribution is -2.05. The Hall–Kier alpha value is -2.98. The first-order valence-electron chi connectivity index (χ1n) is 8.18. The number of hydrogen-bond donors (Lipinski definition) is 0. The molecular weight excluding hydrogens is 348 g/mol. The average molecular weight is 364 g/mol. The molecule has 1 atom stereocenters. The molecule has 6 nitrogen and oxygen atoms in total. The first-order chi connectivity index (χ1) is 12.7. The lowest BCUT2D eigenvalue weighted by atomic mass is 10.2. The predicted octanol–water partition coefficient (Wildman–Crippen LogP) is 3.73. The van der Waals surface area contributed by atoms with Crippen LogP contribution in [0.25, 0.3) is 11.4 Å². The van der Waals surface area contributed by atoms with Crippen molar-refractivity contribution in [3.63, 3.8) is 0 Å². The van der Waals surface area contributed by atoms with Gasteiger partial charge in [-0.3, -0.25) is 4.57 Å². The fourth-order valence-electron chi connectivity index (χ4n) is 2.73. The van der Waals surface area contributed by atoms with E-state index in [9.17, 15) is 0 Å². The topological polar surface area (TPSA) is 73.0 Å². The summed E-state index contributed by atoms with van der Waals surface area (Å²) in [5.74, 6) is 2.28. The van der Waals surface area contributed by atoms with Gasteiger partial charge in [0.1, 0.15) is 0 Å². The Bertz CT molecular complexity index is 965. The second-order valence-electron chi connectivity index (χ2n) is 5.84. The molecule has 7 heteroatoms. The van der Waals surface area contributed by atoms with Crippen LogP contribution in [0.3, 0.4) is 0 Å². The normalized spacial score (nSPS) is 13.4. The highest BCUT2D eigenvalue weighted by molar-refractivity contribution is 8.00. The molecule has 1 aromatic heterocycles. The average Bonchev–Trinajstić information content (AvgIpc) is 3.29. The number of benzene rings is 2. The standard InChI is InChI=1S/C19H16N4O2S/c1-13(10-20)26-19-22-21-18(15-5-3-2-4-6-15)23(19)11-14-7-8-16-17(9-14)25-12-24-16/h2-9,13H,11-12H2,1H3. The van der Waals surface area contributed by atoms with E-state index in [2.05, 4.69) is 16.3 Å². The van der Waals surface area contributed by atoms with Gasteiger partial charge in [0.05, 0.1) is 17.9 Å². The molecule has 0 bridgehead atoms. The molecule has 1 aliphatic heterocycles. The largest absolute Gasteiger partial charge is 0.454 e. The number of thioether (sulfide) groups is 1. The molecule has 0 radical (unpaired) electrons. The Labute approximate surface area is 155 Å². The molecule has 0 saturated heterocycles. The third-order valence-electron chi connectivity index (χ3n) is 3.99. The van der Waals surface area contributed by atoms with Crippen LogP contribution < -0.4 is 9.47 Å². The third kappa shape index (κ3) is 3.24. The van der Waals surface area contributed by atoms with Gasteiger partial charge in [-0.15, -0.1) is 10.2 Å². The highest BCUT2D eigenvalue weighted by Crippen LogP contribution is 2.34. The summed E-state index contributed by atoms with van der Waals surface area (Å²) in [5.41, 5.74) is 2.04. The molecule has 3 aromatic rings. The van der Waals surface area contributed by atoms with Crippen LogP contribution >= 0.6 is 11.8 Å². The minimum Gasteiger partial charge on any atom is -0.454 e. The van der Waals surface area contributed by atoms with Gasteiger partial charge in [0.2, 0.25) is 6.79 Å². The third-order valence-corrected chi connectivity index (χ3v) is 4.96. The van der Waals surface area contributed by atoms with E-state index in [1.807, 2.05) is 60.0 Å². The number of nitriles is 1. The molecule has 0 amide bonds. The van der Waals surface area contributed by atoms with Crippen molar-refractivity contribution >= 4 is 11.8 Å². The lowest BCUT2D eigenvalue weighted by Gasteiger charge is -2.11. The predicted molar refractivity (Wildman–Crippen MR) is 98.1 cm³/mol. The highest BCUT2D eigenvalue weighted by Gasteiger charge is 2.19. The van der Waals surface area contributed by atoms with Gasteiger partial charge in [-0.25, -0.2) is 0 Å². The van der Waals surface area contributed by atoms with Crippen LogP contribution in [-0.2, 0) is 6.54 Å². The van der Waals surface area contributed by atoms with Gasteiger partial charge in [-0.1, -0.05) is 48.2 Å². The monoisotopic (exact) mass is 364 g/mol. The zero-order chi connectivity index (χ0) is 17.9. The Morgan fingerprint density at radius 2 is 1.96 bits per heavy atom. The molecule has 0 aliphatic carbocycles. The van der Waals surface area contributed by atoms with E-state index in [1.54, 1.807) is 0 Å². The van der Waals surface area contributed by atoms with Gasteiger partial charge in [-0.2, -0.15) is 5.26 Å². The Balaban J connectivity index is 1.72. The summed E-state index contributed by atoms with van der Waals surface area (Å²) in [6.45, 7) is 2.68. The van der Waals surface area contributed by atoms with E-state index in [1.165, 1.54) is 11.8 Å². The van der Waals surface area contributed by atoms with Crippen molar-refractivity contribution in [1.29, 1.82) is 5.26 Å². The lowest BCUT2D eigenvalue weighted by molar-refractivity contribution is 0.174. The molecular formula is C19H16N4O2S. The van der Waals surface area contributed by atoms with Crippen molar-refractivity contribution in [1.82, 2.24) is 14.8 Å². The second-order valence-corrected chi connectivity index (χ2v) is 7.14. The SMILES string of the molecule is CC(C#N)Sc1nnc(-c2ccccc2)n1Cc1ccc2c(c1)OCO2. The molecule has 1 aliphatic rings. The van der Waals surface area contributed by atoms with Crippen molar-refractivity contribution in [3.8, 4) is 29.0 Å². The van der Waals surface area contributed by atoms with Gasteiger partial charge in [-0.05, 0) is 24.6 Å². The van der Waals surface area contributed by atoms with Crippen LogP contribution in [0.1, 0.15) is 12.5 Å². The second kappa shape index (κ2) is 7.10. The number of ether oxygens (including phenoxy) is 2. The fraction of sp³-hybridized carbons (Fsp3) is 0.211. The van der Waals surface area contributed by atoms with E-state index in [4.69, 9.17) is 14.7 Å². The Morgan fingerprint density at radius 1 is 1.15 bits per heavy atom. The summed E-state index contributed by atoms with van der Waals surface area (Å²) in [5, 5.41) is 18.3. The fourth-order valence-corrected chi connectivity index (χ4v) is 3.46. The van der Waals surface area contributed by atoms with Crippen molar-refractivity contribution in [3.05, 3.63) is 54.1 Å². The molecule has 4 rings (SSSR count). The first kappa shape index (κ1) is 16.5. The maximum Gasteiger partial charge on any atom is 0.231 e. The maximum absolute atomic E-state index is 9.15. The number of aromatic nitrogens is 3. The number of fused-ring (bicyclic) bond motifs is 1. The smallest absolute Gasteiger partial charge is 0.231 e. The zero-order valence-corrected chi connectivity index (χ0v) is 14.9. The molecule has 0 spiro atoms. The molecule has 0 fully saturated rings. The molecule has 2 heterocycles. The van der Waals surface area contributed by atoms with Crippen LogP contribution in [0.4, 0.5) is 0 Å². The molecule has 0 saturated carbocycles. The van der Waals surface area contributed by atoms with E-state index in [0.29, 0.717) is 6.54 Å². The van der Waals surface area contributed by atoms with Crippen molar-refractivity contribution in [2.45, 2.75) is 23.9 Å². The van der Waals surface area contributed by atoms with Crippen molar-refractivity contribution < 1.29 is 9.47 Å². The summed E-state index contributed by atoms with van der Waals surface area (Å²) in [6.07, 6.45) is 0. The summed E-state index contributed by atoms with van der Waals surface area (Å²) >= 11 is 1.40. The van der Waals surface area contributed by atoms with Crippen LogP contribution in [0.15, 0.2) is 53.7 Å². The van der Waals surface area contributed by atoms with Gasteiger partial charge in [0.15, 0.2) is 22.5 Å². The van der Waals surface area contributed by atoms with E-state index in [-0.39, 0.29) is 12.0 Å². The Morgan fingerprint density at radius 3 is 2.77 bits per heavy atom. The van der Waals surface area contributed by atoms with Crippen LogP contribution in [-0.4, -0.2) is 26.8 Å². The van der Waals surface area contributed by atoms with E-state index >= 15 is 0 Å². The van der Waals surface area contributed by atoms with Crippen molar-refractivity contribution in [2.24, 2.45) is 0 Å². The first-order valence-corrected chi connectivity index (χ1v) is 9.06. The van der Waals surface area contributed by atoms with Crippen LogP contribution in [0.2, 0.25) is 0 Å². The molecule has 1 unspecified atom stereocenters. The summed E-state index contributed by atoms with van der Waals surface area (Å²) in [4.78, 5) is 0. The molecule has 0 N–H and O–H groups in total. The van der Waals surface area contributed by atoms with Gasteiger partial charge in [0.25, 0.3) is 0 Å². The number of hydrogen-bond acceptors (Lipinski definition) is 6. The van der Waals surface area contributed by atoms with E-state index < -0.39 is 0 Å². The van der Waals surface area contributed by atoms with Crippen LogP contribution in [0, 0.1) is 11.3 Å². The molecule has 26 heavy (non-hydrogen) atoms. The van der Waals surface area contributed by atoms with Gasteiger partial charge < -0.3 is 9.47 Å². The highest BCUT2D eigenvalue weighted by atomic mass is 32.2. The number of nitrogens with zero attached hydrogens (tertiary/aromatic N) is 4. The van der Waals surface area contributed by atoms with E-state index in [0.717, 1.165) is 33.6 Å². The minimum atomic E-state index is -0.210. The van der Waals surface area contributed by atoms with Gasteiger partial charge >= 0.3 is 0 Å². The quantitative estimate of drug-likeness (QED) is 0.643. The number of rotatable bonds is 5. The maximum atomic E-state index is 9.15. The summed E-state index contributed by atoms with van der Waals surface area (Å²) < 4.78 is 12.9. The van der Waals surface area contributed by atoms with Gasteiger partial charge in [0, 0.05) is 5.56 Å². The van der Waals surface area contributed by atoms with Crippen LogP contribution in [0.5, 0.6) is 11.5 Å². The van der Waals surface area contributed by atoms with Crippen molar-refractivity contribution in [2.75, 3.05) is 6.79 Å². The summed E-state index contributed by atoms with van der Waals surface area (Å²) in [7, 11) is 0. The zero-order valence-electron chi connectivity index (χ0n) is 14.1. The molecule has 2 aromatic carbocycles. The summed E-state index contributed by atoms with van der Waals surface area (Å²) in [6, 6.07) is 18.0. The molecule has 130 valence electrons. The Kier molecular flexibility index (Phi) is 4.50.